The van der Waals surface area contributed by atoms with Gasteiger partial charge < -0.3 is 5.73 Å². The van der Waals surface area contributed by atoms with Gasteiger partial charge in [-0.2, -0.15) is 0 Å². The molecule has 0 spiro atoms. The van der Waals surface area contributed by atoms with Crippen molar-refractivity contribution in [2.24, 2.45) is 0 Å². The summed E-state index contributed by atoms with van der Waals surface area (Å²) in [5.41, 5.74) is 7.67. The molecule has 1 heterocycles. The highest BCUT2D eigenvalue weighted by Crippen LogP contribution is 2.23. The van der Waals surface area contributed by atoms with E-state index in [0.29, 0.717) is 16.4 Å². The highest BCUT2D eigenvalue weighted by atomic mass is 32.2. The van der Waals surface area contributed by atoms with Crippen LogP contribution in [-0.4, -0.2) is 13.4 Å². The van der Waals surface area contributed by atoms with E-state index in [1.54, 1.807) is 24.3 Å². The molecule has 0 fully saturated rings. The molecule has 2 rings (SSSR count). The largest absolute Gasteiger partial charge is 0.399 e. The van der Waals surface area contributed by atoms with E-state index in [1.165, 1.54) is 11.3 Å². The van der Waals surface area contributed by atoms with E-state index in [0.717, 1.165) is 10.6 Å². The summed E-state index contributed by atoms with van der Waals surface area (Å²) < 4.78 is 26.5. The number of nitrogens with one attached hydrogen (secondary N) is 1. The van der Waals surface area contributed by atoms with E-state index in [1.807, 2.05) is 13.8 Å². The van der Waals surface area contributed by atoms with Crippen LogP contribution in [0.25, 0.3) is 0 Å². The molecule has 0 aliphatic heterocycles. The number of rotatable bonds is 4. The molecule has 0 bridgehead atoms. The molecule has 5 nitrogen and oxygen atoms in total. The molecule has 0 saturated carbocycles. The van der Waals surface area contributed by atoms with Crippen molar-refractivity contribution in [1.29, 1.82) is 0 Å². The Morgan fingerprint density at radius 1 is 1.37 bits per heavy atom. The molecule has 0 radical (unpaired) electrons. The smallest absolute Gasteiger partial charge is 0.238 e. The monoisotopic (exact) mass is 297 g/mol. The number of benzene rings is 1. The number of nitrogens with two attached hydrogens (primary N) is 1. The topological polar surface area (TPSA) is 85.1 Å². The van der Waals surface area contributed by atoms with Crippen molar-refractivity contribution >= 4 is 32.2 Å². The summed E-state index contributed by atoms with van der Waals surface area (Å²) in [4.78, 5) is 5.16. The Balaban J connectivity index is 2.15. The van der Waals surface area contributed by atoms with Gasteiger partial charge in [-0.3, -0.25) is 4.72 Å². The van der Waals surface area contributed by atoms with E-state index in [2.05, 4.69) is 9.71 Å². The van der Waals surface area contributed by atoms with Crippen molar-refractivity contribution in [3.63, 3.8) is 0 Å². The first-order valence-corrected chi connectivity index (χ1v) is 8.11. The van der Waals surface area contributed by atoms with Crippen LogP contribution in [0, 0.1) is 13.8 Å². The van der Waals surface area contributed by atoms with E-state index in [4.69, 9.17) is 5.73 Å². The number of aryl methyl sites for hydroxylation is 2. The van der Waals surface area contributed by atoms with E-state index in [-0.39, 0.29) is 5.75 Å². The Morgan fingerprint density at radius 2 is 2.11 bits per heavy atom. The number of nitrogen functional groups attached to an aromatic ring is 1. The second kappa shape index (κ2) is 5.18. The number of aromatic nitrogens is 1. The first kappa shape index (κ1) is 13.8. The zero-order chi connectivity index (χ0) is 14.0. The minimum atomic E-state index is -3.47. The lowest BCUT2D eigenvalue weighted by Crippen LogP contribution is -2.15. The van der Waals surface area contributed by atoms with E-state index < -0.39 is 10.0 Å². The Labute approximate surface area is 116 Å². The number of sulfonamides is 1. The van der Waals surface area contributed by atoms with Gasteiger partial charge in [0.2, 0.25) is 10.0 Å². The van der Waals surface area contributed by atoms with Gasteiger partial charge in [0.15, 0.2) is 5.13 Å². The van der Waals surface area contributed by atoms with Gasteiger partial charge in [-0.1, -0.05) is 12.1 Å². The summed E-state index contributed by atoms with van der Waals surface area (Å²) in [6.45, 7) is 3.75. The van der Waals surface area contributed by atoms with Crippen molar-refractivity contribution in [3.05, 3.63) is 40.4 Å². The third-order valence-electron chi connectivity index (χ3n) is 2.58. The van der Waals surface area contributed by atoms with Gasteiger partial charge in [0, 0.05) is 10.6 Å². The fourth-order valence-corrected chi connectivity index (χ4v) is 3.80. The van der Waals surface area contributed by atoms with Gasteiger partial charge in [0.25, 0.3) is 0 Å². The van der Waals surface area contributed by atoms with Gasteiger partial charge in [0.05, 0.1) is 11.4 Å². The van der Waals surface area contributed by atoms with Crippen LogP contribution in [0.15, 0.2) is 24.3 Å². The Bertz CT molecular complexity index is 673. The molecule has 0 atom stereocenters. The lowest BCUT2D eigenvalue weighted by molar-refractivity contribution is 0.600. The average molecular weight is 297 g/mol. The molecule has 7 heteroatoms. The molecular formula is C12H15N3O2S2. The number of nitrogens with zero attached hydrogens (tertiary/aromatic N) is 1. The highest BCUT2D eigenvalue weighted by Gasteiger charge is 2.14. The molecule has 0 saturated heterocycles. The number of thiazole rings is 1. The van der Waals surface area contributed by atoms with Crippen LogP contribution in [-0.2, 0) is 15.8 Å². The van der Waals surface area contributed by atoms with Crippen molar-refractivity contribution in [3.8, 4) is 0 Å². The second-order valence-corrected chi connectivity index (χ2v) is 7.19. The van der Waals surface area contributed by atoms with E-state index in [9.17, 15) is 8.42 Å². The number of anilines is 2. The molecule has 0 aliphatic carbocycles. The first-order chi connectivity index (χ1) is 8.85. The van der Waals surface area contributed by atoms with Crippen LogP contribution in [0.3, 0.4) is 0 Å². The van der Waals surface area contributed by atoms with Crippen molar-refractivity contribution in [2.45, 2.75) is 19.6 Å². The molecule has 1 aromatic carbocycles. The lowest BCUT2D eigenvalue weighted by atomic mass is 10.2. The minimum Gasteiger partial charge on any atom is -0.399 e. The second-order valence-electron chi connectivity index (χ2n) is 4.27. The number of hydrogen-bond donors (Lipinski definition) is 2. The fourth-order valence-electron chi connectivity index (χ4n) is 1.59. The van der Waals surface area contributed by atoms with Crippen molar-refractivity contribution < 1.29 is 8.42 Å². The zero-order valence-electron chi connectivity index (χ0n) is 10.7. The maximum absolute atomic E-state index is 12.0. The highest BCUT2D eigenvalue weighted by molar-refractivity contribution is 7.92. The Morgan fingerprint density at radius 3 is 2.68 bits per heavy atom. The first-order valence-electron chi connectivity index (χ1n) is 5.65. The van der Waals surface area contributed by atoms with Gasteiger partial charge in [0.1, 0.15) is 0 Å². The molecule has 0 aliphatic rings. The summed E-state index contributed by atoms with van der Waals surface area (Å²) >= 11 is 1.33. The summed E-state index contributed by atoms with van der Waals surface area (Å²) in [6, 6.07) is 6.83. The van der Waals surface area contributed by atoms with Gasteiger partial charge >= 0.3 is 0 Å². The lowest BCUT2D eigenvalue weighted by Gasteiger charge is -2.05. The third-order valence-corrected chi connectivity index (χ3v) is 4.91. The van der Waals surface area contributed by atoms with Crippen molar-refractivity contribution in [2.75, 3.05) is 10.5 Å². The molecule has 3 N–H and O–H groups in total. The van der Waals surface area contributed by atoms with Crippen LogP contribution in [0.1, 0.15) is 16.1 Å². The normalized spacial score (nSPS) is 11.5. The zero-order valence-corrected chi connectivity index (χ0v) is 12.3. The molecule has 0 amide bonds. The third kappa shape index (κ3) is 3.68. The molecular weight excluding hydrogens is 282 g/mol. The average Bonchev–Trinajstić information content (AvgIpc) is 2.55. The SMILES string of the molecule is Cc1nc(NS(=O)(=O)Cc2cccc(N)c2)sc1C. The molecule has 1 aromatic heterocycles. The summed E-state index contributed by atoms with van der Waals surface area (Å²) in [7, 11) is -3.47. The van der Waals surface area contributed by atoms with Crippen LogP contribution in [0.5, 0.6) is 0 Å². The molecule has 2 aromatic rings. The van der Waals surface area contributed by atoms with Crippen molar-refractivity contribution in [1.82, 2.24) is 4.98 Å². The van der Waals surface area contributed by atoms with Gasteiger partial charge in [-0.05, 0) is 31.5 Å². The molecule has 102 valence electrons. The Kier molecular flexibility index (Phi) is 3.77. The quantitative estimate of drug-likeness (QED) is 0.848. The maximum atomic E-state index is 12.0. The summed E-state index contributed by atoms with van der Waals surface area (Å²) in [6.07, 6.45) is 0. The predicted molar refractivity (Wildman–Crippen MR) is 78.7 cm³/mol. The Hall–Kier alpha value is -1.60. The predicted octanol–water partition coefficient (Wildman–Crippen LogP) is 2.28. The minimum absolute atomic E-state index is 0.115. The van der Waals surface area contributed by atoms with Gasteiger partial charge in [-0.15, -0.1) is 11.3 Å². The van der Waals surface area contributed by atoms with Crippen LogP contribution in [0.4, 0.5) is 10.8 Å². The van der Waals surface area contributed by atoms with Crippen LogP contribution < -0.4 is 10.5 Å². The summed E-state index contributed by atoms with van der Waals surface area (Å²) in [5.74, 6) is -0.115. The van der Waals surface area contributed by atoms with Crippen LogP contribution in [0.2, 0.25) is 0 Å². The molecule has 0 unspecified atom stereocenters. The van der Waals surface area contributed by atoms with E-state index >= 15 is 0 Å². The van der Waals surface area contributed by atoms with Crippen LogP contribution >= 0.6 is 11.3 Å². The molecule has 19 heavy (non-hydrogen) atoms. The van der Waals surface area contributed by atoms with Gasteiger partial charge in [-0.25, -0.2) is 13.4 Å². The standard InChI is InChI=1S/C12H15N3O2S2/c1-8-9(2)18-12(14-8)15-19(16,17)7-10-4-3-5-11(13)6-10/h3-6H,7,13H2,1-2H3,(H,14,15). The summed E-state index contributed by atoms with van der Waals surface area (Å²) in [5, 5.41) is 0.402. The number of hydrogen-bond acceptors (Lipinski definition) is 5. The fraction of sp³-hybridized carbons (Fsp3) is 0.250. The maximum Gasteiger partial charge on any atom is 0.238 e.